The highest BCUT2D eigenvalue weighted by Crippen LogP contribution is 2.21. The summed E-state index contributed by atoms with van der Waals surface area (Å²) in [6, 6.07) is 14.8. The van der Waals surface area contributed by atoms with Crippen molar-refractivity contribution in [3.8, 4) is 11.5 Å². The van der Waals surface area contributed by atoms with E-state index < -0.39 is 5.97 Å². The molecule has 0 aliphatic carbocycles. The van der Waals surface area contributed by atoms with Crippen molar-refractivity contribution < 1.29 is 28.6 Å². The van der Waals surface area contributed by atoms with E-state index in [1.165, 1.54) is 16.8 Å². The third-order valence-electron chi connectivity index (χ3n) is 4.70. The summed E-state index contributed by atoms with van der Waals surface area (Å²) in [7, 11) is 3.09. The summed E-state index contributed by atoms with van der Waals surface area (Å²) in [6.45, 7) is 1.75. The molecule has 0 atom stereocenters. The predicted molar refractivity (Wildman–Crippen MR) is 114 cm³/mol. The number of hydrogen-bond acceptors (Lipinski definition) is 6. The van der Waals surface area contributed by atoms with Crippen LogP contribution in [0.15, 0.2) is 60.8 Å². The van der Waals surface area contributed by atoms with E-state index in [-0.39, 0.29) is 30.4 Å². The monoisotopic (exact) mass is 421 g/mol. The summed E-state index contributed by atoms with van der Waals surface area (Å²) in [6.07, 6.45) is 1.50. The van der Waals surface area contributed by atoms with Crippen molar-refractivity contribution in [3.05, 3.63) is 83.2 Å². The van der Waals surface area contributed by atoms with Gasteiger partial charge >= 0.3 is 5.97 Å². The van der Waals surface area contributed by atoms with E-state index in [1.807, 2.05) is 0 Å². The van der Waals surface area contributed by atoms with E-state index >= 15 is 0 Å². The van der Waals surface area contributed by atoms with Crippen LogP contribution in [-0.4, -0.2) is 42.9 Å². The number of ketones is 2. The number of carbonyl (C=O) groups excluding carboxylic acids is 3. The molecule has 0 spiro atoms. The molecule has 0 N–H and O–H groups in total. The minimum atomic E-state index is -0.495. The first-order chi connectivity index (χ1) is 15.0. The van der Waals surface area contributed by atoms with Crippen molar-refractivity contribution in [2.75, 3.05) is 20.8 Å². The largest absolute Gasteiger partial charge is 0.497 e. The molecule has 0 saturated heterocycles. The summed E-state index contributed by atoms with van der Waals surface area (Å²) in [5, 5.41) is 0. The number of hydrogen-bond donors (Lipinski definition) is 0. The summed E-state index contributed by atoms with van der Waals surface area (Å²) in [5.41, 5.74) is 1.37. The smallest absolute Gasteiger partial charge is 0.325 e. The van der Waals surface area contributed by atoms with Gasteiger partial charge < -0.3 is 18.8 Å². The molecule has 3 aromatic rings. The van der Waals surface area contributed by atoms with Crippen molar-refractivity contribution in [1.82, 2.24) is 4.57 Å². The highest BCUT2D eigenvalue weighted by atomic mass is 16.5. The van der Waals surface area contributed by atoms with Gasteiger partial charge in [-0.3, -0.25) is 14.4 Å². The second-order valence-corrected chi connectivity index (χ2v) is 6.66. The van der Waals surface area contributed by atoms with Gasteiger partial charge in [-0.15, -0.1) is 0 Å². The van der Waals surface area contributed by atoms with E-state index in [0.29, 0.717) is 28.2 Å². The topological polar surface area (TPSA) is 83.8 Å². The molecule has 1 heterocycles. The number of methoxy groups -OCH3 is 2. The van der Waals surface area contributed by atoms with Crippen molar-refractivity contribution in [1.29, 1.82) is 0 Å². The first-order valence-corrected chi connectivity index (χ1v) is 9.70. The Balaban J connectivity index is 1.97. The first-order valence-electron chi connectivity index (χ1n) is 9.70. The Bertz CT molecular complexity index is 1080. The molecule has 31 heavy (non-hydrogen) atoms. The lowest BCUT2D eigenvalue weighted by Gasteiger charge is -2.08. The van der Waals surface area contributed by atoms with Crippen molar-refractivity contribution >= 4 is 17.5 Å². The van der Waals surface area contributed by atoms with Crippen molar-refractivity contribution in [3.63, 3.8) is 0 Å². The predicted octanol–water partition coefficient (Wildman–Crippen LogP) is 3.53. The maximum Gasteiger partial charge on any atom is 0.325 e. The first kappa shape index (κ1) is 21.8. The molecule has 0 unspecified atom stereocenters. The number of benzene rings is 2. The molecule has 0 aliphatic heterocycles. The second kappa shape index (κ2) is 9.75. The Morgan fingerprint density at radius 2 is 1.29 bits per heavy atom. The maximum atomic E-state index is 13.1. The quantitative estimate of drug-likeness (QED) is 0.388. The third kappa shape index (κ3) is 5.01. The van der Waals surface area contributed by atoms with Crippen LogP contribution in [0.3, 0.4) is 0 Å². The van der Waals surface area contributed by atoms with E-state index in [4.69, 9.17) is 14.2 Å². The fraction of sp³-hybridized carbons (Fsp3) is 0.208. The fourth-order valence-corrected chi connectivity index (χ4v) is 3.10. The SMILES string of the molecule is CCOC(=O)Cn1cc(C(=O)c2ccc(OC)cc2)cc1C(=O)c1ccc(OC)cc1. The number of aromatic nitrogens is 1. The van der Waals surface area contributed by atoms with Crippen molar-refractivity contribution in [2.24, 2.45) is 0 Å². The molecule has 0 amide bonds. The zero-order valence-electron chi connectivity index (χ0n) is 17.6. The summed E-state index contributed by atoms with van der Waals surface area (Å²) >= 11 is 0. The zero-order valence-corrected chi connectivity index (χ0v) is 17.6. The van der Waals surface area contributed by atoms with Gasteiger partial charge in [0.05, 0.1) is 26.5 Å². The van der Waals surface area contributed by atoms with Gasteiger partial charge in [0.15, 0.2) is 5.78 Å². The van der Waals surface area contributed by atoms with Crippen LogP contribution in [0.1, 0.15) is 38.9 Å². The van der Waals surface area contributed by atoms with E-state index in [2.05, 4.69) is 0 Å². The van der Waals surface area contributed by atoms with Gasteiger partial charge in [-0.1, -0.05) is 0 Å². The molecule has 0 saturated carbocycles. The summed E-state index contributed by atoms with van der Waals surface area (Å²) in [4.78, 5) is 38.1. The molecule has 2 aromatic carbocycles. The minimum Gasteiger partial charge on any atom is -0.497 e. The lowest BCUT2D eigenvalue weighted by atomic mass is 10.0. The van der Waals surface area contributed by atoms with Crippen LogP contribution in [0.25, 0.3) is 0 Å². The Kier molecular flexibility index (Phi) is 6.87. The van der Waals surface area contributed by atoms with Gasteiger partial charge in [0.2, 0.25) is 5.78 Å². The lowest BCUT2D eigenvalue weighted by molar-refractivity contribution is -0.143. The number of rotatable bonds is 9. The molecule has 0 bridgehead atoms. The standard InChI is InChI=1S/C24H23NO6/c1-4-31-22(26)15-25-14-18(23(27)16-5-9-19(29-2)10-6-16)13-21(25)24(28)17-7-11-20(30-3)12-8-17/h5-14H,4,15H2,1-3H3. The number of nitrogens with zero attached hydrogens (tertiary/aromatic N) is 1. The molecular weight excluding hydrogens is 398 g/mol. The van der Waals surface area contributed by atoms with Crippen LogP contribution in [0.5, 0.6) is 11.5 Å². The molecule has 7 heteroatoms. The van der Waals surface area contributed by atoms with Gasteiger partial charge in [-0.2, -0.15) is 0 Å². The Morgan fingerprint density at radius 1 is 0.774 bits per heavy atom. The molecule has 0 radical (unpaired) electrons. The van der Waals surface area contributed by atoms with Crippen LogP contribution < -0.4 is 9.47 Å². The summed E-state index contributed by atoms with van der Waals surface area (Å²) in [5.74, 6) is 0.167. The van der Waals surface area contributed by atoms with Crippen LogP contribution in [0.4, 0.5) is 0 Å². The van der Waals surface area contributed by atoms with Gasteiger partial charge in [-0.25, -0.2) is 0 Å². The third-order valence-corrected chi connectivity index (χ3v) is 4.70. The number of carbonyl (C=O) groups is 3. The van der Waals surface area contributed by atoms with Gasteiger partial charge in [-0.05, 0) is 61.5 Å². The molecule has 0 aliphatic rings. The maximum absolute atomic E-state index is 13.1. The Hall–Kier alpha value is -3.87. The van der Waals surface area contributed by atoms with Gasteiger partial charge in [0, 0.05) is 22.9 Å². The van der Waals surface area contributed by atoms with E-state index in [0.717, 1.165) is 0 Å². The number of ether oxygens (including phenoxy) is 3. The normalized spacial score (nSPS) is 10.4. The van der Waals surface area contributed by atoms with Crippen molar-refractivity contribution in [2.45, 2.75) is 13.5 Å². The Labute approximate surface area is 180 Å². The summed E-state index contributed by atoms with van der Waals surface area (Å²) < 4.78 is 16.7. The van der Waals surface area contributed by atoms with Crippen LogP contribution in [0.2, 0.25) is 0 Å². The second-order valence-electron chi connectivity index (χ2n) is 6.66. The molecular formula is C24H23NO6. The zero-order chi connectivity index (χ0) is 22.4. The van der Waals surface area contributed by atoms with Gasteiger partial charge in [0.1, 0.15) is 18.0 Å². The Morgan fingerprint density at radius 3 is 1.77 bits per heavy atom. The average Bonchev–Trinajstić information content (AvgIpc) is 3.21. The van der Waals surface area contributed by atoms with Gasteiger partial charge in [0.25, 0.3) is 0 Å². The highest BCUT2D eigenvalue weighted by molar-refractivity contribution is 6.13. The minimum absolute atomic E-state index is 0.180. The fourth-order valence-electron chi connectivity index (χ4n) is 3.10. The molecule has 1 aromatic heterocycles. The van der Waals surface area contributed by atoms with E-state index in [9.17, 15) is 14.4 Å². The lowest BCUT2D eigenvalue weighted by Crippen LogP contribution is -2.17. The molecule has 3 rings (SSSR count). The van der Waals surface area contributed by atoms with Crippen LogP contribution >= 0.6 is 0 Å². The number of esters is 1. The van der Waals surface area contributed by atoms with E-state index in [1.54, 1.807) is 69.7 Å². The molecule has 7 nitrogen and oxygen atoms in total. The van der Waals surface area contributed by atoms with Crippen LogP contribution in [0, 0.1) is 0 Å². The highest BCUT2D eigenvalue weighted by Gasteiger charge is 2.21. The molecule has 0 fully saturated rings. The molecule has 160 valence electrons. The average molecular weight is 421 g/mol. The van der Waals surface area contributed by atoms with Crippen LogP contribution in [-0.2, 0) is 16.1 Å².